The van der Waals surface area contributed by atoms with Crippen molar-refractivity contribution in [2.24, 2.45) is 0 Å². The quantitative estimate of drug-likeness (QED) is 0.805. The molecule has 124 valence electrons. The van der Waals surface area contributed by atoms with Gasteiger partial charge >= 0.3 is 11.7 Å². The Hall–Kier alpha value is -3.00. The molecule has 1 N–H and O–H groups in total. The van der Waals surface area contributed by atoms with Gasteiger partial charge in [-0.15, -0.1) is 0 Å². The highest BCUT2D eigenvalue weighted by Gasteiger charge is 2.36. The first-order valence-electron chi connectivity index (χ1n) is 7.26. The average Bonchev–Trinajstić information content (AvgIpc) is 2.94. The first kappa shape index (κ1) is 15.9. The molecule has 0 amide bonds. The summed E-state index contributed by atoms with van der Waals surface area (Å²) in [7, 11) is 0. The Balaban J connectivity index is 1.64. The molecule has 24 heavy (non-hydrogen) atoms. The van der Waals surface area contributed by atoms with Crippen molar-refractivity contribution in [2.75, 3.05) is 6.61 Å². The van der Waals surface area contributed by atoms with Gasteiger partial charge in [0.2, 0.25) is 0 Å². The molecular formula is C16H14N2O6. The minimum Gasteiger partial charge on any atom is -0.459 e. The summed E-state index contributed by atoms with van der Waals surface area (Å²) < 4.78 is 11.6. The van der Waals surface area contributed by atoms with Gasteiger partial charge in [0, 0.05) is 18.7 Å². The van der Waals surface area contributed by atoms with E-state index in [0.717, 1.165) is 10.6 Å². The zero-order valence-corrected chi connectivity index (χ0v) is 12.5. The first-order chi connectivity index (χ1) is 11.5. The molecule has 8 nitrogen and oxygen atoms in total. The maximum absolute atomic E-state index is 12.0. The Morgan fingerprint density at radius 2 is 1.96 bits per heavy atom. The molecule has 2 heterocycles. The summed E-state index contributed by atoms with van der Waals surface area (Å²) >= 11 is 0. The van der Waals surface area contributed by atoms with Crippen molar-refractivity contribution in [3.8, 4) is 0 Å². The minimum absolute atomic E-state index is 0.0122. The Kier molecular flexibility index (Phi) is 4.39. The van der Waals surface area contributed by atoms with E-state index >= 15 is 0 Å². The van der Waals surface area contributed by atoms with Gasteiger partial charge in [-0.1, -0.05) is 18.2 Å². The molecule has 8 heteroatoms. The number of aromatic amines is 1. The highest BCUT2D eigenvalue weighted by molar-refractivity contribution is 5.89. The number of aromatic nitrogens is 2. The molecule has 1 aromatic carbocycles. The van der Waals surface area contributed by atoms with Crippen molar-refractivity contribution in [3.63, 3.8) is 0 Å². The zero-order chi connectivity index (χ0) is 17.1. The molecule has 1 aliphatic rings. The van der Waals surface area contributed by atoms with Crippen molar-refractivity contribution < 1.29 is 19.1 Å². The topological polar surface area (TPSA) is 107 Å². The minimum atomic E-state index is -1.13. The molecule has 0 radical (unpaired) electrons. The third kappa shape index (κ3) is 3.33. The second-order valence-electron chi connectivity index (χ2n) is 5.26. The summed E-state index contributed by atoms with van der Waals surface area (Å²) in [4.78, 5) is 48.7. The van der Waals surface area contributed by atoms with E-state index in [1.807, 2.05) is 0 Å². The third-order valence-corrected chi connectivity index (χ3v) is 3.54. The molecule has 1 fully saturated rings. The van der Waals surface area contributed by atoms with E-state index < -0.39 is 29.6 Å². The van der Waals surface area contributed by atoms with Crippen LogP contribution in [-0.2, 0) is 14.3 Å². The van der Waals surface area contributed by atoms with Crippen LogP contribution < -0.4 is 11.2 Å². The lowest BCUT2D eigenvalue weighted by Gasteiger charge is -2.14. The van der Waals surface area contributed by atoms with Crippen LogP contribution >= 0.6 is 0 Å². The number of nitrogens with one attached hydrogen (secondary N) is 1. The molecule has 1 aliphatic heterocycles. The number of ketones is 1. The molecule has 0 aliphatic carbocycles. The van der Waals surface area contributed by atoms with Crippen molar-refractivity contribution in [1.29, 1.82) is 0 Å². The zero-order valence-electron chi connectivity index (χ0n) is 12.5. The van der Waals surface area contributed by atoms with Crippen LogP contribution in [0.5, 0.6) is 0 Å². The van der Waals surface area contributed by atoms with Gasteiger partial charge in [-0.05, 0) is 12.1 Å². The molecule has 3 rings (SSSR count). The van der Waals surface area contributed by atoms with Crippen LogP contribution in [0.25, 0.3) is 0 Å². The summed E-state index contributed by atoms with van der Waals surface area (Å²) in [6.07, 6.45) is -0.566. The molecule has 1 saturated heterocycles. The number of hydrogen-bond donors (Lipinski definition) is 1. The van der Waals surface area contributed by atoms with Gasteiger partial charge in [0.1, 0.15) is 12.7 Å². The molecule has 0 bridgehead atoms. The number of esters is 1. The largest absolute Gasteiger partial charge is 0.459 e. The molecule has 2 atom stereocenters. The van der Waals surface area contributed by atoms with E-state index in [9.17, 15) is 19.2 Å². The predicted octanol–water partition coefficient (Wildman–Crippen LogP) is 0.250. The maximum Gasteiger partial charge on any atom is 0.338 e. The molecular weight excluding hydrogens is 316 g/mol. The number of ether oxygens (including phenoxy) is 2. The van der Waals surface area contributed by atoms with Crippen molar-refractivity contribution in [1.82, 2.24) is 9.55 Å². The summed E-state index contributed by atoms with van der Waals surface area (Å²) in [6, 6.07) is 9.57. The standard InChI is InChI=1S/C16H14N2O6/c19-12-8-11(9-23-15(21)10-4-2-1-3-5-10)24-14(12)18-7-6-13(20)17-16(18)22/h1-7,11,14H,8-9H2,(H,17,20,22). The normalized spacial score (nSPS) is 20.1. The number of Topliss-reactive ketones (excluding diaryl/α,β-unsaturated/α-hetero) is 1. The SMILES string of the molecule is O=C(OCC1CC(=O)C(n2ccc(=O)[nH]c2=O)O1)c1ccccc1. The fourth-order valence-electron chi connectivity index (χ4n) is 2.39. The summed E-state index contributed by atoms with van der Waals surface area (Å²) in [6.45, 7) is -0.103. The Morgan fingerprint density at radius 3 is 2.67 bits per heavy atom. The van der Waals surface area contributed by atoms with E-state index in [0.29, 0.717) is 5.56 Å². The molecule has 0 spiro atoms. The van der Waals surface area contributed by atoms with Crippen LogP contribution in [0.15, 0.2) is 52.2 Å². The van der Waals surface area contributed by atoms with Gasteiger partial charge in [0.15, 0.2) is 12.0 Å². The first-order valence-corrected chi connectivity index (χ1v) is 7.26. The molecule has 2 unspecified atom stereocenters. The maximum atomic E-state index is 12.0. The molecule has 1 aromatic heterocycles. The molecule has 0 saturated carbocycles. The average molecular weight is 330 g/mol. The van der Waals surface area contributed by atoms with Crippen LogP contribution in [0.1, 0.15) is 23.0 Å². The van der Waals surface area contributed by atoms with Crippen LogP contribution in [0.3, 0.4) is 0 Å². The van der Waals surface area contributed by atoms with Gasteiger partial charge in [0.05, 0.1) is 5.56 Å². The Morgan fingerprint density at radius 1 is 1.21 bits per heavy atom. The van der Waals surface area contributed by atoms with E-state index in [1.54, 1.807) is 30.3 Å². The highest BCUT2D eigenvalue weighted by atomic mass is 16.6. The lowest BCUT2D eigenvalue weighted by molar-refractivity contribution is -0.127. The number of nitrogens with zero attached hydrogens (tertiary/aromatic N) is 1. The van der Waals surface area contributed by atoms with Gasteiger partial charge in [-0.2, -0.15) is 0 Å². The second kappa shape index (κ2) is 6.63. The van der Waals surface area contributed by atoms with Crippen molar-refractivity contribution in [2.45, 2.75) is 18.8 Å². The summed E-state index contributed by atoms with van der Waals surface area (Å²) in [5.74, 6) is -0.846. The fraction of sp³-hybridized carbons (Fsp3) is 0.250. The smallest absolute Gasteiger partial charge is 0.338 e. The monoisotopic (exact) mass is 330 g/mol. The van der Waals surface area contributed by atoms with Crippen molar-refractivity contribution >= 4 is 11.8 Å². The van der Waals surface area contributed by atoms with E-state index in [4.69, 9.17) is 9.47 Å². The summed E-state index contributed by atoms with van der Waals surface area (Å²) in [5, 5.41) is 0. The predicted molar refractivity (Wildman–Crippen MR) is 81.6 cm³/mol. The summed E-state index contributed by atoms with van der Waals surface area (Å²) in [5.41, 5.74) is -0.895. The van der Waals surface area contributed by atoms with Crippen LogP contribution in [-0.4, -0.2) is 34.0 Å². The van der Waals surface area contributed by atoms with Gasteiger partial charge in [-0.3, -0.25) is 19.1 Å². The number of hydrogen-bond acceptors (Lipinski definition) is 6. The van der Waals surface area contributed by atoms with Crippen LogP contribution in [0.2, 0.25) is 0 Å². The second-order valence-corrected chi connectivity index (χ2v) is 5.26. The lowest BCUT2D eigenvalue weighted by Crippen LogP contribution is -2.33. The van der Waals surface area contributed by atoms with Gasteiger partial charge in [-0.25, -0.2) is 9.59 Å². The lowest BCUT2D eigenvalue weighted by atomic mass is 10.2. The number of H-pyrrole nitrogens is 1. The Labute approximate surface area is 135 Å². The van der Waals surface area contributed by atoms with E-state index in [1.165, 1.54) is 6.20 Å². The Bertz CT molecular complexity index is 870. The number of carbonyl (C=O) groups excluding carboxylic acids is 2. The fourth-order valence-corrected chi connectivity index (χ4v) is 2.39. The van der Waals surface area contributed by atoms with Crippen LogP contribution in [0, 0.1) is 0 Å². The highest BCUT2D eigenvalue weighted by Crippen LogP contribution is 2.23. The number of rotatable bonds is 4. The van der Waals surface area contributed by atoms with Gasteiger partial charge < -0.3 is 9.47 Å². The van der Waals surface area contributed by atoms with Crippen molar-refractivity contribution in [3.05, 3.63) is 69.0 Å². The van der Waals surface area contributed by atoms with E-state index in [2.05, 4.69) is 4.98 Å². The van der Waals surface area contributed by atoms with Crippen LogP contribution in [0.4, 0.5) is 0 Å². The third-order valence-electron chi connectivity index (χ3n) is 3.54. The van der Waals surface area contributed by atoms with E-state index in [-0.39, 0.29) is 18.8 Å². The molecule has 2 aromatic rings. The number of benzene rings is 1. The number of carbonyl (C=O) groups is 2. The van der Waals surface area contributed by atoms with Gasteiger partial charge in [0.25, 0.3) is 5.56 Å².